The highest BCUT2D eigenvalue weighted by molar-refractivity contribution is 5.76. The molecule has 1 aliphatic heterocycles. The first-order valence-corrected chi connectivity index (χ1v) is 10.9. The zero-order valence-corrected chi connectivity index (χ0v) is 17.0. The molecule has 5 rings (SSSR count). The van der Waals surface area contributed by atoms with Crippen LogP contribution in [0, 0.1) is 17.8 Å². The van der Waals surface area contributed by atoms with Crippen LogP contribution in [-0.2, 0) is 9.53 Å². The van der Waals surface area contributed by atoms with Crippen molar-refractivity contribution < 1.29 is 9.53 Å². The van der Waals surface area contributed by atoms with Crippen LogP contribution in [0.4, 0.5) is 0 Å². The number of nitrogens with zero attached hydrogens (tertiary/aromatic N) is 5. The largest absolute Gasteiger partial charge is 0.376 e. The van der Waals surface area contributed by atoms with Gasteiger partial charge in [-0.3, -0.25) is 9.78 Å². The highest BCUT2D eigenvalue weighted by atomic mass is 16.5. The van der Waals surface area contributed by atoms with E-state index in [9.17, 15) is 4.79 Å². The smallest absolute Gasteiger partial charge is 0.222 e. The van der Waals surface area contributed by atoms with Crippen molar-refractivity contribution in [2.45, 2.75) is 51.2 Å². The monoisotopic (exact) mass is 395 g/mol. The van der Waals surface area contributed by atoms with Crippen molar-refractivity contribution in [1.29, 1.82) is 0 Å². The molecule has 7 nitrogen and oxygen atoms in total. The Morgan fingerprint density at radius 1 is 1.17 bits per heavy atom. The number of amides is 1. The first-order valence-electron chi connectivity index (χ1n) is 10.9. The second kappa shape index (κ2) is 7.86. The molecule has 154 valence electrons. The predicted octanol–water partition coefficient (Wildman–Crippen LogP) is 2.95. The Hall–Kier alpha value is -2.28. The van der Waals surface area contributed by atoms with E-state index in [1.54, 1.807) is 6.20 Å². The lowest BCUT2D eigenvalue weighted by Crippen LogP contribution is -2.38. The Morgan fingerprint density at radius 3 is 2.72 bits per heavy atom. The van der Waals surface area contributed by atoms with Gasteiger partial charge in [0, 0.05) is 32.3 Å². The first kappa shape index (κ1) is 18.7. The lowest BCUT2D eigenvalue weighted by Gasteiger charge is -2.37. The molecular formula is C22H29N5O2. The summed E-state index contributed by atoms with van der Waals surface area (Å²) in [6.07, 6.45) is 9.05. The van der Waals surface area contributed by atoms with Crippen molar-refractivity contribution >= 4 is 5.91 Å². The Morgan fingerprint density at radius 2 is 2.00 bits per heavy atom. The Kier molecular flexibility index (Phi) is 5.08. The number of carbonyl (C=O) groups is 1. The molecule has 3 heterocycles. The molecule has 3 fully saturated rings. The van der Waals surface area contributed by atoms with E-state index in [0.29, 0.717) is 18.3 Å². The van der Waals surface area contributed by atoms with Crippen LogP contribution >= 0.6 is 0 Å². The number of aromatic nitrogens is 4. The maximum absolute atomic E-state index is 12.2. The molecule has 2 aromatic heterocycles. The maximum atomic E-state index is 12.2. The van der Waals surface area contributed by atoms with E-state index in [-0.39, 0.29) is 18.1 Å². The fraction of sp³-hybridized carbons (Fsp3) is 0.636. The minimum atomic E-state index is 0.131. The molecule has 0 N–H and O–H groups in total. The van der Waals surface area contributed by atoms with Gasteiger partial charge in [0.25, 0.3) is 0 Å². The van der Waals surface area contributed by atoms with Gasteiger partial charge < -0.3 is 9.64 Å². The highest BCUT2D eigenvalue weighted by Crippen LogP contribution is 2.43. The minimum Gasteiger partial charge on any atom is -0.376 e. The van der Waals surface area contributed by atoms with Crippen molar-refractivity contribution in [2.24, 2.45) is 17.8 Å². The molecule has 0 aromatic carbocycles. The minimum absolute atomic E-state index is 0.131. The van der Waals surface area contributed by atoms with Crippen molar-refractivity contribution in [1.82, 2.24) is 24.9 Å². The summed E-state index contributed by atoms with van der Waals surface area (Å²) in [5.74, 6) is 2.04. The molecule has 0 unspecified atom stereocenters. The third-order valence-corrected chi connectivity index (χ3v) is 6.76. The number of hydrogen-bond donors (Lipinski definition) is 0. The standard InChI is InChI=1S/C22H29N5O2/c1-2-22(28)26-11-16-9-20(21(10-17(16)12-26)29-14-15-6-7-15)27-13-19(24-25-27)18-5-3-4-8-23-18/h3-5,8,13,15-17,20-21H,2,6-7,9-12,14H2,1H3/t16-,17+,20-,21-/m1/s1. The second-order valence-electron chi connectivity index (χ2n) is 8.83. The number of carbonyl (C=O) groups excluding carboxylic acids is 1. The highest BCUT2D eigenvalue weighted by Gasteiger charge is 2.45. The van der Waals surface area contributed by atoms with Gasteiger partial charge in [-0.1, -0.05) is 18.2 Å². The van der Waals surface area contributed by atoms with Crippen molar-refractivity contribution in [3.63, 3.8) is 0 Å². The fourth-order valence-electron chi connectivity index (χ4n) is 4.89. The molecular weight excluding hydrogens is 366 g/mol. The van der Waals surface area contributed by atoms with Gasteiger partial charge in [0.15, 0.2) is 0 Å². The first-order chi connectivity index (χ1) is 14.2. The molecule has 2 saturated carbocycles. The second-order valence-corrected chi connectivity index (χ2v) is 8.83. The summed E-state index contributed by atoms with van der Waals surface area (Å²) in [4.78, 5) is 18.7. The summed E-state index contributed by atoms with van der Waals surface area (Å²) in [5.41, 5.74) is 1.63. The van der Waals surface area contributed by atoms with Crippen molar-refractivity contribution in [3.8, 4) is 11.4 Å². The molecule has 3 aliphatic rings. The number of likely N-dealkylation sites (tertiary alicyclic amines) is 1. The fourth-order valence-corrected chi connectivity index (χ4v) is 4.89. The van der Waals surface area contributed by atoms with Crippen molar-refractivity contribution in [2.75, 3.05) is 19.7 Å². The van der Waals surface area contributed by atoms with Crippen LogP contribution in [0.2, 0.25) is 0 Å². The summed E-state index contributed by atoms with van der Waals surface area (Å²) in [7, 11) is 0. The summed E-state index contributed by atoms with van der Waals surface area (Å²) >= 11 is 0. The summed E-state index contributed by atoms with van der Waals surface area (Å²) in [5, 5.41) is 8.84. The van der Waals surface area contributed by atoms with Gasteiger partial charge in [0.05, 0.1) is 24.0 Å². The average Bonchev–Trinajstić information content (AvgIpc) is 3.29. The molecule has 29 heavy (non-hydrogen) atoms. The average molecular weight is 396 g/mol. The van der Waals surface area contributed by atoms with Gasteiger partial charge in [0.1, 0.15) is 5.69 Å². The van der Waals surface area contributed by atoms with E-state index in [1.807, 2.05) is 36.0 Å². The van der Waals surface area contributed by atoms with Gasteiger partial charge in [-0.15, -0.1) is 5.10 Å². The third-order valence-electron chi connectivity index (χ3n) is 6.76. The van der Waals surface area contributed by atoms with E-state index < -0.39 is 0 Å². The predicted molar refractivity (Wildman–Crippen MR) is 108 cm³/mol. The Bertz CT molecular complexity index is 850. The van der Waals surface area contributed by atoms with Crippen LogP contribution < -0.4 is 0 Å². The van der Waals surface area contributed by atoms with E-state index in [2.05, 4.69) is 20.2 Å². The van der Waals surface area contributed by atoms with Gasteiger partial charge in [-0.2, -0.15) is 0 Å². The molecule has 0 bridgehead atoms. The van der Waals surface area contributed by atoms with Crippen LogP contribution in [0.1, 0.15) is 45.1 Å². The summed E-state index contributed by atoms with van der Waals surface area (Å²) in [6, 6.07) is 5.99. The Labute approximate surface area is 171 Å². The molecule has 0 radical (unpaired) electrons. The zero-order valence-electron chi connectivity index (χ0n) is 17.0. The summed E-state index contributed by atoms with van der Waals surface area (Å²) in [6.45, 7) is 4.54. The SMILES string of the molecule is CCC(=O)N1C[C@H]2C[C@@H](n3cc(-c4ccccn4)nn3)[C@H](OCC3CC3)C[C@H]2C1. The van der Waals surface area contributed by atoms with Gasteiger partial charge in [-0.25, -0.2) is 4.68 Å². The molecule has 1 amide bonds. The lowest BCUT2D eigenvalue weighted by molar-refractivity contribution is -0.130. The number of fused-ring (bicyclic) bond motifs is 1. The quantitative estimate of drug-likeness (QED) is 0.752. The molecule has 2 aliphatic carbocycles. The van der Waals surface area contributed by atoms with Crippen LogP contribution in [0.15, 0.2) is 30.6 Å². The molecule has 7 heteroatoms. The molecule has 1 saturated heterocycles. The van der Waals surface area contributed by atoms with Gasteiger partial charge in [0.2, 0.25) is 5.91 Å². The normalized spacial score (nSPS) is 29.1. The van der Waals surface area contributed by atoms with E-state index in [4.69, 9.17) is 4.74 Å². The van der Waals surface area contributed by atoms with Crippen LogP contribution in [0.3, 0.4) is 0 Å². The van der Waals surface area contributed by atoms with E-state index >= 15 is 0 Å². The van der Waals surface area contributed by atoms with Crippen molar-refractivity contribution in [3.05, 3.63) is 30.6 Å². The van der Waals surface area contributed by atoms with Crippen LogP contribution in [0.5, 0.6) is 0 Å². The number of rotatable bonds is 6. The third kappa shape index (κ3) is 3.92. The molecule has 4 atom stereocenters. The van der Waals surface area contributed by atoms with Crippen LogP contribution in [0.25, 0.3) is 11.4 Å². The Balaban J connectivity index is 1.36. The molecule has 0 spiro atoms. The van der Waals surface area contributed by atoms with E-state index in [0.717, 1.165) is 49.8 Å². The lowest BCUT2D eigenvalue weighted by atomic mass is 9.77. The van der Waals surface area contributed by atoms with Crippen LogP contribution in [-0.4, -0.2) is 56.6 Å². The molecule has 2 aromatic rings. The number of ether oxygens (including phenoxy) is 1. The zero-order chi connectivity index (χ0) is 19.8. The summed E-state index contributed by atoms with van der Waals surface area (Å²) < 4.78 is 8.40. The van der Waals surface area contributed by atoms with Gasteiger partial charge in [-0.05, 0) is 55.6 Å². The van der Waals surface area contributed by atoms with E-state index in [1.165, 1.54) is 12.8 Å². The maximum Gasteiger partial charge on any atom is 0.222 e. The topological polar surface area (TPSA) is 73.1 Å². The van der Waals surface area contributed by atoms with Gasteiger partial charge >= 0.3 is 0 Å². The number of hydrogen-bond acceptors (Lipinski definition) is 5. The number of pyridine rings is 1.